The number of alkyl carbamates (subject to hydrolysis) is 1. The summed E-state index contributed by atoms with van der Waals surface area (Å²) in [6.45, 7) is 9.40. The zero-order valence-corrected chi connectivity index (χ0v) is 26.6. The van der Waals surface area contributed by atoms with E-state index in [1.54, 1.807) is 0 Å². The van der Waals surface area contributed by atoms with Crippen molar-refractivity contribution in [3.63, 3.8) is 0 Å². The van der Waals surface area contributed by atoms with Gasteiger partial charge in [0, 0.05) is 19.1 Å². The Morgan fingerprint density at radius 3 is 1.52 bits per heavy atom. The largest absolute Gasteiger partial charge is 0.449 e. The molecule has 0 radical (unpaired) electrons. The standard InChI is InChI=1S/C35H53NO8/c1-2-3-4-5-6-11-17-38-19-21-40-23-25-42-27-28-43-26-24-41-22-20-39-18-16-36-35(37)44-29-34-32-14-9-7-12-30(32)31-13-8-10-15-33(31)34/h7-10,12-15,34H,2-6,11,16-29H2,1H3,(H,36,37). The van der Waals surface area contributed by atoms with Crippen LogP contribution in [-0.2, 0) is 33.2 Å². The molecule has 9 nitrogen and oxygen atoms in total. The van der Waals surface area contributed by atoms with E-state index in [1.165, 1.54) is 54.4 Å². The average Bonchev–Trinajstić information content (AvgIpc) is 3.37. The quantitative estimate of drug-likeness (QED) is 0.123. The molecule has 3 rings (SSSR count). The Labute approximate surface area is 263 Å². The maximum Gasteiger partial charge on any atom is 0.407 e. The van der Waals surface area contributed by atoms with Gasteiger partial charge >= 0.3 is 6.09 Å². The zero-order valence-electron chi connectivity index (χ0n) is 26.6. The molecule has 0 unspecified atom stereocenters. The number of hydrogen-bond acceptors (Lipinski definition) is 8. The van der Waals surface area contributed by atoms with E-state index in [-0.39, 0.29) is 5.92 Å². The summed E-state index contributed by atoms with van der Waals surface area (Å²) in [6.07, 6.45) is 7.22. The number of ether oxygens (including phenoxy) is 7. The number of fused-ring (bicyclic) bond motifs is 3. The number of benzene rings is 2. The van der Waals surface area contributed by atoms with E-state index in [1.807, 2.05) is 24.3 Å². The second-order valence-electron chi connectivity index (χ2n) is 10.7. The van der Waals surface area contributed by atoms with Crippen LogP contribution >= 0.6 is 0 Å². The Morgan fingerprint density at radius 1 is 0.568 bits per heavy atom. The predicted octanol–water partition coefficient (Wildman–Crippen LogP) is 5.99. The van der Waals surface area contributed by atoms with Crippen molar-refractivity contribution < 1.29 is 38.0 Å². The lowest BCUT2D eigenvalue weighted by molar-refractivity contribution is -0.0167. The fraction of sp³-hybridized carbons (Fsp3) is 0.629. The lowest BCUT2D eigenvalue weighted by Crippen LogP contribution is -2.29. The van der Waals surface area contributed by atoms with Gasteiger partial charge in [0.15, 0.2) is 0 Å². The van der Waals surface area contributed by atoms with Crippen molar-refractivity contribution in [2.75, 3.05) is 92.4 Å². The van der Waals surface area contributed by atoms with E-state index < -0.39 is 6.09 Å². The van der Waals surface area contributed by atoms with Crippen LogP contribution in [0.3, 0.4) is 0 Å². The molecule has 2 aromatic rings. The number of unbranched alkanes of at least 4 members (excludes halogenated alkanes) is 5. The van der Waals surface area contributed by atoms with Crippen molar-refractivity contribution in [2.45, 2.75) is 51.4 Å². The smallest absolute Gasteiger partial charge is 0.407 e. The average molecular weight is 616 g/mol. The van der Waals surface area contributed by atoms with Gasteiger partial charge in [-0.3, -0.25) is 0 Å². The lowest BCUT2D eigenvalue weighted by Gasteiger charge is -2.14. The third-order valence-electron chi connectivity index (χ3n) is 7.36. The number of carbonyl (C=O) groups is 1. The molecule has 0 bridgehead atoms. The number of nitrogens with one attached hydrogen (secondary N) is 1. The van der Waals surface area contributed by atoms with Crippen molar-refractivity contribution in [2.24, 2.45) is 0 Å². The molecule has 1 aliphatic rings. The maximum atomic E-state index is 12.2. The molecule has 0 atom stereocenters. The molecule has 0 heterocycles. The first kappa shape index (κ1) is 35.9. The molecular formula is C35H53NO8. The first-order valence-electron chi connectivity index (χ1n) is 16.4. The van der Waals surface area contributed by atoms with Gasteiger partial charge in [-0.15, -0.1) is 0 Å². The highest BCUT2D eigenvalue weighted by Crippen LogP contribution is 2.44. The minimum absolute atomic E-state index is 0.0487. The monoisotopic (exact) mass is 615 g/mol. The van der Waals surface area contributed by atoms with Crippen molar-refractivity contribution in [3.05, 3.63) is 59.7 Å². The minimum Gasteiger partial charge on any atom is -0.449 e. The molecule has 0 aromatic heterocycles. The third kappa shape index (κ3) is 14.5. The second-order valence-corrected chi connectivity index (χ2v) is 10.7. The molecule has 0 spiro atoms. The SMILES string of the molecule is CCCCCCCCOCCOCCOCCOCCOCCOCCNC(=O)OCC1c2ccccc2-c2ccccc21. The summed E-state index contributed by atoms with van der Waals surface area (Å²) in [5, 5.41) is 2.75. The van der Waals surface area contributed by atoms with Crippen LogP contribution in [0.25, 0.3) is 11.1 Å². The van der Waals surface area contributed by atoms with Crippen LogP contribution in [0.1, 0.15) is 62.5 Å². The maximum absolute atomic E-state index is 12.2. The van der Waals surface area contributed by atoms with Crippen LogP contribution in [0.4, 0.5) is 4.79 Å². The summed E-state index contributed by atoms with van der Waals surface area (Å²) in [6, 6.07) is 16.6. The molecule has 0 saturated heterocycles. The summed E-state index contributed by atoms with van der Waals surface area (Å²) >= 11 is 0. The summed E-state index contributed by atoms with van der Waals surface area (Å²) < 4.78 is 38.7. The number of carbonyl (C=O) groups excluding carboxylic acids is 1. The van der Waals surface area contributed by atoms with E-state index >= 15 is 0 Å². The number of amides is 1. The van der Waals surface area contributed by atoms with Crippen molar-refractivity contribution in [1.29, 1.82) is 0 Å². The van der Waals surface area contributed by atoms with Crippen LogP contribution < -0.4 is 5.32 Å². The van der Waals surface area contributed by atoms with Crippen LogP contribution in [0.5, 0.6) is 0 Å². The van der Waals surface area contributed by atoms with Crippen molar-refractivity contribution in [3.8, 4) is 11.1 Å². The molecular weight excluding hydrogens is 562 g/mol. The molecule has 0 aliphatic heterocycles. The van der Waals surface area contributed by atoms with E-state index in [0.29, 0.717) is 85.8 Å². The molecule has 1 amide bonds. The minimum atomic E-state index is -0.441. The van der Waals surface area contributed by atoms with E-state index in [2.05, 4.69) is 36.5 Å². The van der Waals surface area contributed by atoms with Gasteiger partial charge in [0.1, 0.15) is 6.61 Å². The predicted molar refractivity (Wildman–Crippen MR) is 171 cm³/mol. The molecule has 1 aliphatic carbocycles. The Kier molecular flexibility index (Phi) is 19.4. The van der Waals surface area contributed by atoms with Crippen LogP contribution in [-0.4, -0.2) is 98.5 Å². The molecule has 1 N–H and O–H groups in total. The Morgan fingerprint density at radius 2 is 1.00 bits per heavy atom. The number of hydrogen-bond donors (Lipinski definition) is 1. The van der Waals surface area contributed by atoms with Crippen molar-refractivity contribution >= 4 is 6.09 Å². The fourth-order valence-electron chi connectivity index (χ4n) is 5.06. The number of rotatable bonds is 27. The van der Waals surface area contributed by atoms with Gasteiger partial charge in [0.25, 0.3) is 0 Å². The molecule has 2 aromatic carbocycles. The zero-order chi connectivity index (χ0) is 30.9. The summed E-state index contributed by atoms with van der Waals surface area (Å²) in [4.78, 5) is 12.2. The fourth-order valence-corrected chi connectivity index (χ4v) is 5.06. The molecule has 246 valence electrons. The Balaban J connectivity index is 1.02. The first-order valence-corrected chi connectivity index (χ1v) is 16.4. The highest BCUT2D eigenvalue weighted by Gasteiger charge is 2.28. The Hall–Kier alpha value is -2.53. The summed E-state index contributed by atoms with van der Waals surface area (Å²) in [5.74, 6) is 0.0487. The van der Waals surface area contributed by atoms with Gasteiger partial charge < -0.3 is 38.5 Å². The topological polar surface area (TPSA) is 93.7 Å². The van der Waals surface area contributed by atoms with E-state index in [0.717, 1.165) is 13.0 Å². The summed E-state index contributed by atoms with van der Waals surface area (Å²) in [5.41, 5.74) is 4.81. The van der Waals surface area contributed by atoms with Crippen LogP contribution in [0, 0.1) is 0 Å². The molecule has 0 saturated carbocycles. The van der Waals surface area contributed by atoms with Gasteiger partial charge in [0.2, 0.25) is 0 Å². The van der Waals surface area contributed by atoms with E-state index in [9.17, 15) is 4.79 Å². The van der Waals surface area contributed by atoms with Gasteiger partial charge in [-0.1, -0.05) is 87.6 Å². The van der Waals surface area contributed by atoms with Crippen LogP contribution in [0.15, 0.2) is 48.5 Å². The highest BCUT2D eigenvalue weighted by atomic mass is 16.6. The second kappa shape index (κ2) is 23.8. The third-order valence-corrected chi connectivity index (χ3v) is 7.36. The van der Waals surface area contributed by atoms with Gasteiger partial charge in [-0.25, -0.2) is 4.79 Å². The molecule has 0 fully saturated rings. The van der Waals surface area contributed by atoms with Gasteiger partial charge in [-0.2, -0.15) is 0 Å². The van der Waals surface area contributed by atoms with Crippen molar-refractivity contribution in [1.82, 2.24) is 5.32 Å². The van der Waals surface area contributed by atoms with Crippen LogP contribution in [0.2, 0.25) is 0 Å². The molecule has 44 heavy (non-hydrogen) atoms. The normalized spacial score (nSPS) is 12.3. The highest BCUT2D eigenvalue weighted by molar-refractivity contribution is 5.79. The van der Waals surface area contributed by atoms with Gasteiger partial charge in [-0.05, 0) is 28.7 Å². The van der Waals surface area contributed by atoms with E-state index in [4.69, 9.17) is 33.2 Å². The Bertz CT molecular complexity index is 974. The van der Waals surface area contributed by atoms with Gasteiger partial charge in [0.05, 0.1) is 72.7 Å². The first-order chi connectivity index (χ1) is 21.8. The lowest BCUT2D eigenvalue weighted by atomic mass is 9.98. The molecule has 9 heteroatoms. The summed E-state index contributed by atoms with van der Waals surface area (Å²) in [7, 11) is 0.